The van der Waals surface area contributed by atoms with Gasteiger partial charge in [-0.1, -0.05) is 6.07 Å². The molecule has 126 valence electrons. The second-order valence-electron chi connectivity index (χ2n) is 5.27. The van der Waals surface area contributed by atoms with Crippen molar-refractivity contribution < 1.29 is 19.4 Å². The van der Waals surface area contributed by atoms with Crippen LogP contribution in [0.5, 0.6) is 17.2 Å². The Hall–Kier alpha value is -3.02. The summed E-state index contributed by atoms with van der Waals surface area (Å²) in [7, 11) is 2.88. The van der Waals surface area contributed by atoms with Gasteiger partial charge in [0.2, 0.25) is 5.75 Å². The third kappa shape index (κ3) is 3.84. The highest BCUT2D eigenvalue weighted by molar-refractivity contribution is 5.95. The first-order valence-corrected chi connectivity index (χ1v) is 7.32. The number of phenolic OH excluding ortho intramolecular Hbond substituents is 1. The van der Waals surface area contributed by atoms with Crippen molar-refractivity contribution in [2.75, 3.05) is 14.2 Å². The van der Waals surface area contributed by atoms with E-state index in [1.165, 1.54) is 20.4 Å². The fraction of sp³-hybridized carbons (Fsp3) is 0.222. The molecule has 0 spiro atoms. The Balaban J connectivity index is 2.13. The van der Waals surface area contributed by atoms with E-state index >= 15 is 0 Å². The molecule has 0 saturated carbocycles. The van der Waals surface area contributed by atoms with Gasteiger partial charge in [0, 0.05) is 11.1 Å². The minimum atomic E-state index is -0.299. The van der Waals surface area contributed by atoms with E-state index in [9.17, 15) is 9.90 Å². The summed E-state index contributed by atoms with van der Waals surface area (Å²) in [6, 6.07) is 8.63. The molecule has 0 aliphatic carbocycles. The molecule has 0 aromatic heterocycles. The third-order valence-electron chi connectivity index (χ3n) is 3.65. The van der Waals surface area contributed by atoms with E-state index in [0.29, 0.717) is 11.1 Å². The number of nitrogens with zero attached hydrogens (tertiary/aromatic N) is 1. The van der Waals surface area contributed by atoms with Crippen LogP contribution in [0.1, 0.15) is 27.0 Å². The molecule has 0 aliphatic rings. The standard InChI is InChI=1S/C18H20N2O4/c1-11-5-6-14(7-12(11)2)18(22)20-19-10-13-8-15(23-3)17(21)16(9-13)24-4/h5-10,21H,1-4H3,(H,20,22). The Morgan fingerprint density at radius 1 is 1.08 bits per heavy atom. The van der Waals surface area contributed by atoms with E-state index in [1.807, 2.05) is 26.0 Å². The number of rotatable bonds is 5. The molecular weight excluding hydrogens is 308 g/mol. The van der Waals surface area contributed by atoms with Gasteiger partial charge in [-0.15, -0.1) is 0 Å². The Labute approximate surface area is 140 Å². The van der Waals surface area contributed by atoms with E-state index in [2.05, 4.69) is 10.5 Å². The lowest BCUT2D eigenvalue weighted by molar-refractivity contribution is 0.0955. The quantitative estimate of drug-likeness (QED) is 0.653. The van der Waals surface area contributed by atoms with E-state index < -0.39 is 0 Å². The number of nitrogens with one attached hydrogen (secondary N) is 1. The zero-order chi connectivity index (χ0) is 17.7. The molecule has 0 unspecified atom stereocenters. The number of hydrazone groups is 1. The average Bonchev–Trinajstić information content (AvgIpc) is 2.58. The Kier molecular flexibility index (Phi) is 5.42. The topological polar surface area (TPSA) is 80.2 Å². The van der Waals surface area contributed by atoms with Crippen molar-refractivity contribution in [1.82, 2.24) is 5.43 Å². The van der Waals surface area contributed by atoms with Crippen LogP contribution in [0.25, 0.3) is 0 Å². The number of carbonyl (C=O) groups is 1. The van der Waals surface area contributed by atoms with Gasteiger partial charge >= 0.3 is 0 Å². The number of carbonyl (C=O) groups excluding carboxylic acids is 1. The summed E-state index contributed by atoms with van der Waals surface area (Å²) in [6.45, 7) is 3.94. The largest absolute Gasteiger partial charge is 0.502 e. The highest BCUT2D eigenvalue weighted by atomic mass is 16.5. The average molecular weight is 328 g/mol. The molecule has 6 nitrogen and oxygen atoms in total. The van der Waals surface area contributed by atoms with Crippen LogP contribution in [0.4, 0.5) is 0 Å². The summed E-state index contributed by atoms with van der Waals surface area (Å²) in [5.41, 5.74) is 5.79. The fourth-order valence-corrected chi connectivity index (χ4v) is 2.10. The molecule has 2 aromatic carbocycles. The van der Waals surface area contributed by atoms with E-state index in [1.54, 1.807) is 18.2 Å². The van der Waals surface area contributed by atoms with Gasteiger partial charge in [0.1, 0.15) is 0 Å². The number of benzene rings is 2. The number of phenols is 1. The van der Waals surface area contributed by atoms with Gasteiger partial charge in [0.25, 0.3) is 5.91 Å². The first kappa shape index (κ1) is 17.3. The summed E-state index contributed by atoms with van der Waals surface area (Å²) in [6.07, 6.45) is 1.45. The van der Waals surface area contributed by atoms with Crippen LogP contribution in [-0.2, 0) is 0 Å². The molecule has 0 saturated heterocycles. The van der Waals surface area contributed by atoms with Gasteiger partial charge in [-0.2, -0.15) is 5.10 Å². The summed E-state index contributed by atoms with van der Waals surface area (Å²) in [5, 5.41) is 13.8. The van der Waals surface area contributed by atoms with Gasteiger partial charge in [0.15, 0.2) is 11.5 Å². The number of ether oxygens (including phenoxy) is 2. The van der Waals surface area contributed by atoms with Crippen molar-refractivity contribution >= 4 is 12.1 Å². The predicted octanol–water partition coefficient (Wildman–Crippen LogP) is 2.79. The molecule has 0 fully saturated rings. The smallest absolute Gasteiger partial charge is 0.271 e. The molecule has 1 amide bonds. The lowest BCUT2D eigenvalue weighted by Gasteiger charge is -2.09. The maximum absolute atomic E-state index is 12.1. The monoisotopic (exact) mass is 328 g/mol. The molecule has 0 radical (unpaired) electrons. The highest BCUT2D eigenvalue weighted by Crippen LogP contribution is 2.36. The molecule has 0 bridgehead atoms. The van der Waals surface area contributed by atoms with Crippen LogP contribution < -0.4 is 14.9 Å². The van der Waals surface area contributed by atoms with Crippen LogP contribution in [0.3, 0.4) is 0 Å². The SMILES string of the molecule is COc1cc(C=NNC(=O)c2ccc(C)c(C)c2)cc(OC)c1O. The minimum absolute atomic E-state index is 0.0867. The number of aromatic hydroxyl groups is 1. The number of aryl methyl sites for hydroxylation is 2. The summed E-state index contributed by atoms with van der Waals surface area (Å²) < 4.78 is 10.1. The molecule has 2 aromatic rings. The fourth-order valence-electron chi connectivity index (χ4n) is 2.10. The highest BCUT2D eigenvalue weighted by Gasteiger charge is 2.10. The predicted molar refractivity (Wildman–Crippen MR) is 92.2 cm³/mol. The molecule has 0 aliphatic heterocycles. The van der Waals surface area contributed by atoms with E-state index in [-0.39, 0.29) is 23.2 Å². The Bertz CT molecular complexity index is 760. The van der Waals surface area contributed by atoms with Crippen LogP contribution in [0.2, 0.25) is 0 Å². The van der Waals surface area contributed by atoms with Gasteiger partial charge in [-0.05, 0) is 49.2 Å². The molecule has 2 N–H and O–H groups in total. The number of hydrogen-bond acceptors (Lipinski definition) is 5. The van der Waals surface area contributed by atoms with E-state index in [0.717, 1.165) is 11.1 Å². The van der Waals surface area contributed by atoms with Crippen LogP contribution >= 0.6 is 0 Å². The van der Waals surface area contributed by atoms with Gasteiger partial charge in [-0.25, -0.2) is 5.43 Å². The summed E-state index contributed by atoms with van der Waals surface area (Å²) in [5.74, 6) is 0.135. The molecule has 6 heteroatoms. The molecular formula is C18H20N2O4. The second kappa shape index (κ2) is 7.50. The zero-order valence-corrected chi connectivity index (χ0v) is 14.1. The molecule has 2 rings (SSSR count). The summed E-state index contributed by atoms with van der Waals surface area (Å²) >= 11 is 0. The Morgan fingerprint density at radius 2 is 1.71 bits per heavy atom. The number of hydrogen-bond donors (Lipinski definition) is 2. The van der Waals surface area contributed by atoms with Crippen molar-refractivity contribution in [3.05, 3.63) is 52.6 Å². The van der Waals surface area contributed by atoms with Crippen molar-refractivity contribution in [3.63, 3.8) is 0 Å². The second-order valence-corrected chi connectivity index (χ2v) is 5.27. The van der Waals surface area contributed by atoms with Crippen LogP contribution in [0.15, 0.2) is 35.4 Å². The minimum Gasteiger partial charge on any atom is -0.502 e. The maximum atomic E-state index is 12.1. The zero-order valence-electron chi connectivity index (χ0n) is 14.1. The lowest BCUT2D eigenvalue weighted by atomic mass is 10.1. The Morgan fingerprint density at radius 3 is 2.25 bits per heavy atom. The molecule has 0 heterocycles. The van der Waals surface area contributed by atoms with Gasteiger partial charge in [0.05, 0.1) is 20.4 Å². The number of amides is 1. The van der Waals surface area contributed by atoms with Crippen LogP contribution in [-0.4, -0.2) is 31.4 Å². The molecule has 24 heavy (non-hydrogen) atoms. The summed E-state index contributed by atoms with van der Waals surface area (Å²) in [4.78, 5) is 12.1. The first-order chi connectivity index (χ1) is 11.5. The lowest BCUT2D eigenvalue weighted by Crippen LogP contribution is -2.17. The maximum Gasteiger partial charge on any atom is 0.271 e. The van der Waals surface area contributed by atoms with Crippen molar-refractivity contribution in [2.45, 2.75) is 13.8 Å². The van der Waals surface area contributed by atoms with Crippen LogP contribution in [0, 0.1) is 13.8 Å². The van der Waals surface area contributed by atoms with Crippen molar-refractivity contribution in [1.29, 1.82) is 0 Å². The van der Waals surface area contributed by atoms with Crippen molar-refractivity contribution in [2.24, 2.45) is 5.10 Å². The number of methoxy groups -OCH3 is 2. The van der Waals surface area contributed by atoms with Gasteiger partial charge < -0.3 is 14.6 Å². The normalized spacial score (nSPS) is 10.7. The first-order valence-electron chi connectivity index (χ1n) is 7.32. The van der Waals surface area contributed by atoms with E-state index in [4.69, 9.17) is 9.47 Å². The van der Waals surface area contributed by atoms with Gasteiger partial charge in [-0.3, -0.25) is 4.79 Å². The third-order valence-corrected chi connectivity index (χ3v) is 3.65. The van der Waals surface area contributed by atoms with Crippen molar-refractivity contribution in [3.8, 4) is 17.2 Å². The molecule has 0 atom stereocenters.